The maximum Gasteiger partial charge on any atom is 0.241 e. The molecule has 1 atom stereocenters. The molecule has 0 aliphatic carbocycles. The highest BCUT2D eigenvalue weighted by molar-refractivity contribution is 5.87. The van der Waals surface area contributed by atoms with E-state index < -0.39 is 6.04 Å². The van der Waals surface area contributed by atoms with Gasteiger partial charge in [-0.25, -0.2) is 0 Å². The fourth-order valence-corrected chi connectivity index (χ4v) is 1.77. The van der Waals surface area contributed by atoms with Crippen molar-refractivity contribution in [3.8, 4) is 12.3 Å². The number of terminal acetylenes is 1. The van der Waals surface area contributed by atoms with Crippen LogP contribution in [0.15, 0.2) is 0 Å². The number of likely N-dealkylation sites (tertiary alicyclic amines) is 1. The average Bonchev–Trinajstić information content (AvgIpc) is 2.36. The Morgan fingerprint density at radius 1 is 1.35 bits per heavy atom. The number of nitrogens with two attached hydrogens (primary N) is 1. The van der Waals surface area contributed by atoms with E-state index in [4.69, 9.17) is 12.2 Å². The second kappa shape index (κ2) is 6.92. The van der Waals surface area contributed by atoms with E-state index in [1.807, 2.05) is 0 Å². The van der Waals surface area contributed by atoms with Gasteiger partial charge in [0.2, 0.25) is 11.8 Å². The maximum absolute atomic E-state index is 11.7. The molecule has 1 rings (SSSR count). The van der Waals surface area contributed by atoms with Crippen LogP contribution in [0.3, 0.4) is 0 Å². The van der Waals surface area contributed by atoms with E-state index in [0.29, 0.717) is 0 Å². The fourth-order valence-electron chi connectivity index (χ4n) is 1.77. The zero-order valence-corrected chi connectivity index (χ0v) is 9.95. The van der Waals surface area contributed by atoms with Crippen molar-refractivity contribution in [2.24, 2.45) is 5.73 Å². The van der Waals surface area contributed by atoms with Gasteiger partial charge in [-0.2, -0.15) is 0 Å². The Balaban J connectivity index is 2.27. The molecule has 94 valence electrons. The molecule has 0 spiro atoms. The third kappa shape index (κ3) is 4.45. The summed E-state index contributed by atoms with van der Waals surface area (Å²) in [5.74, 6) is 1.90. The Labute approximate surface area is 102 Å². The smallest absolute Gasteiger partial charge is 0.241 e. The first-order valence-electron chi connectivity index (χ1n) is 5.89. The average molecular weight is 237 g/mol. The summed E-state index contributed by atoms with van der Waals surface area (Å²) in [5, 5.41) is 2.51. The van der Waals surface area contributed by atoms with Crippen LogP contribution < -0.4 is 11.1 Å². The molecule has 0 radical (unpaired) electrons. The molecule has 5 nitrogen and oxygen atoms in total. The number of nitrogens with one attached hydrogen (secondary N) is 1. The fraction of sp³-hybridized carbons (Fsp3) is 0.667. The normalized spacial score (nSPS) is 17.1. The molecule has 1 fully saturated rings. The summed E-state index contributed by atoms with van der Waals surface area (Å²) in [6, 6.07) is -0.728. The number of hydrogen-bond donors (Lipinski definition) is 2. The molecular weight excluding hydrogens is 218 g/mol. The first-order valence-corrected chi connectivity index (χ1v) is 5.89. The van der Waals surface area contributed by atoms with Crippen molar-refractivity contribution in [1.82, 2.24) is 10.2 Å². The van der Waals surface area contributed by atoms with Gasteiger partial charge in [-0.3, -0.25) is 9.59 Å². The van der Waals surface area contributed by atoms with Crippen LogP contribution in [0.25, 0.3) is 0 Å². The van der Waals surface area contributed by atoms with E-state index in [1.165, 1.54) is 6.42 Å². The molecular formula is C12H19N3O2. The van der Waals surface area contributed by atoms with Gasteiger partial charge < -0.3 is 16.0 Å². The second-order valence-corrected chi connectivity index (χ2v) is 4.17. The second-order valence-electron chi connectivity index (χ2n) is 4.17. The van der Waals surface area contributed by atoms with E-state index in [1.54, 1.807) is 4.90 Å². The Kier molecular flexibility index (Phi) is 5.50. The predicted octanol–water partition coefficient (Wildman–Crippen LogP) is -0.534. The maximum atomic E-state index is 11.7. The van der Waals surface area contributed by atoms with Crippen molar-refractivity contribution < 1.29 is 9.59 Å². The number of nitrogens with zero attached hydrogens (tertiary/aromatic N) is 1. The van der Waals surface area contributed by atoms with Gasteiger partial charge >= 0.3 is 0 Å². The lowest BCUT2D eigenvalue weighted by Crippen LogP contribution is -2.46. The first kappa shape index (κ1) is 13.5. The van der Waals surface area contributed by atoms with E-state index >= 15 is 0 Å². The SMILES string of the molecule is C#CCC(N)C(=O)NCC(=O)N1CCCCC1. The summed E-state index contributed by atoms with van der Waals surface area (Å²) >= 11 is 0. The molecule has 1 saturated heterocycles. The van der Waals surface area contributed by atoms with Gasteiger partial charge in [0.1, 0.15) is 0 Å². The van der Waals surface area contributed by atoms with E-state index in [2.05, 4.69) is 11.2 Å². The van der Waals surface area contributed by atoms with Crippen LogP contribution in [0.5, 0.6) is 0 Å². The Morgan fingerprint density at radius 3 is 2.59 bits per heavy atom. The summed E-state index contributed by atoms with van der Waals surface area (Å²) in [4.78, 5) is 24.9. The van der Waals surface area contributed by atoms with Gasteiger partial charge in [-0.05, 0) is 19.3 Å². The van der Waals surface area contributed by atoms with Gasteiger partial charge in [0.15, 0.2) is 0 Å². The van der Waals surface area contributed by atoms with Crippen LogP contribution in [0.4, 0.5) is 0 Å². The zero-order chi connectivity index (χ0) is 12.7. The molecule has 2 amide bonds. The number of hydrogen-bond acceptors (Lipinski definition) is 3. The standard InChI is InChI=1S/C12H19N3O2/c1-2-6-10(13)12(17)14-9-11(16)15-7-4-3-5-8-15/h1,10H,3-9,13H2,(H,14,17). The van der Waals surface area contributed by atoms with Gasteiger partial charge in [0, 0.05) is 19.5 Å². The Bertz CT molecular complexity index is 316. The topological polar surface area (TPSA) is 75.4 Å². The van der Waals surface area contributed by atoms with Crippen molar-refractivity contribution in [3.05, 3.63) is 0 Å². The Hall–Kier alpha value is -1.54. The number of piperidine rings is 1. The first-order chi connectivity index (χ1) is 8.15. The van der Waals surface area contributed by atoms with Gasteiger partial charge in [0.25, 0.3) is 0 Å². The summed E-state index contributed by atoms with van der Waals surface area (Å²) in [7, 11) is 0. The van der Waals surface area contributed by atoms with Gasteiger partial charge in [0.05, 0.1) is 12.6 Å². The number of carbonyl (C=O) groups excluding carboxylic acids is 2. The van der Waals surface area contributed by atoms with E-state index in [9.17, 15) is 9.59 Å². The third-order valence-electron chi connectivity index (χ3n) is 2.80. The van der Waals surface area contributed by atoms with Crippen LogP contribution in [-0.4, -0.2) is 42.4 Å². The summed E-state index contributed by atoms with van der Waals surface area (Å²) < 4.78 is 0. The summed E-state index contributed by atoms with van der Waals surface area (Å²) in [6.07, 6.45) is 8.48. The predicted molar refractivity (Wildman–Crippen MR) is 64.9 cm³/mol. The molecule has 0 aromatic rings. The molecule has 1 aliphatic heterocycles. The van der Waals surface area contributed by atoms with Crippen LogP contribution in [0, 0.1) is 12.3 Å². The molecule has 1 unspecified atom stereocenters. The quantitative estimate of drug-likeness (QED) is 0.645. The van der Waals surface area contributed by atoms with Gasteiger partial charge in [-0.15, -0.1) is 12.3 Å². The molecule has 1 heterocycles. The Morgan fingerprint density at radius 2 is 2.00 bits per heavy atom. The molecule has 1 aliphatic rings. The van der Waals surface area contributed by atoms with Crippen molar-refractivity contribution in [2.75, 3.05) is 19.6 Å². The minimum Gasteiger partial charge on any atom is -0.346 e. The van der Waals surface area contributed by atoms with Crippen LogP contribution in [0.1, 0.15) is 25.7 Å². The van der Waals surface area contributed by atoms with Crippen LogP contribution in [-0.2, 0) is 9.59 Å². The number of amides is 2. The lowest BCUT2D eigenvalue weighted by molar-refractivity contribution is -0.133. The minimum atomic E-state index is -0.728. The molecule has 3 N–H and O–H groups in total. The highest BCUT2D eigenvalue weighted by Gasteiger charge is 2.18. The molecule has 5 heteroatoms. The molecule has 0 saturated carbocycles. The zero-order valence-electron chi connectivity index (χ0n) is 9.95. The summed E-state index contributed by atoms with van der Waals surface area (Å²) in [6.45, 7) is 1.58. The van der Waals surface area contributed by atoms with Crippen molar-refractivity contribution in [2.45, 2.75) is 31.7 Å². The van der Waals surface area contributed by atoms with Crippen molar-refractivity contribution >= 4 is 11.8 Å². The molecule has 0 aromatic heterocycles. The minimum absolute atomic E-state index is 0.0110. The highest BCUT2D eigenvalue weighted by atomic mass is 16.2. The molecule has 0 bridgehead atoms. The third-order valence-corrected chi connectivity index (χ3v) is 2.80. The van der Waals surface area contributed by atoms with E-state index in [0.717, 1.165) is 25.9 Å². The highest BCUT2D eigenvalue weighted by Crippen LogP contribution is 2.08. The lowest BCUT2D eigenvalue weighted by Gasteiger charge is -2.26. The number of rotatable bonds is 4. The summed E-state index contributed by atoms with van der Waals surface area (Å²) in [5.41, 5.74) is 5.51. The number of carbonyl (C=O) groups is 2. The van der Waals surface area contributed by atoms with Crippen LogP contribution in [0.2, 0.25) is 0 Å². The largest absolute Gasteiger partial charge is 0.346 e. The van der Waals surface area contributed by atoms with Gasteiger partial charge in [-0.1, -0.05) is 0 Å². The molecule has 17 heavy (non-hydrogen) atoms. The van der Waals surface area contributed by atoms with Crippen molar-refractivity contribution in [3.63, 3.8) is 0 Å². The van der Waals surface area contributed by atoms with E-state index in [-0.39, 0.29) is 24.8 Å². The lowest BCUT2D eigenvalue weighted by atomic mass is 10.1. The van der Waals surface area contributed by atoms with Crippen LogP contribution >= 0.6 is 0 Å². The monoisotopic (exact) mass is 237 g/mol. The molecule has 0 aromatic carbocycles. The van der Waals surface area contributed by atoms with Crippen molar-refractivity contribution in [1.29, 1.82) is 0 Å².